The Morgan fingerprint density at radius 1 is 1.21 bits per heavy atom. The lowest BCUT2D eigenvalue weighted by Gasteiger charge is -2.20. The molecule has 0 spiro atoms. The SMILES string of the molecule is CS(=O)(=O)c1ccc([C@]2(C(=O)Nc3nccs3)[C@H](C3CCCC3)C2(Cl)Cl)cc1. The highest BCUT2D eigenvalue weighted by molar-refractivity contribution is 7.90. The summed E-state index contributed by atoms with van der Waals surface area (Å²) < 4.78 is 22.4. The molecule has 0 bridgehead atoms. The van der Waals surface area contributed by atoms with Gasteiger partial charge in [-0.2, -0.15) is 0 Å². The van der Waals surface area contributed by atoms with Crippen molar-refractivity contribution in [2.24, 2.45) is 11.8 Å². The monoisotopic (exact) mass is 458 g/mol. The van der Waals surface area contributed by atoms with E-state index in [1.54, 1.807) is 23.7 Å². The maximum Gasteiger partial charge on any atom is 0.240 e. The predicted octanol–water partition coefficient (Wildman–Crippen LogP) is 4.42. The van der Waals surface area contributed by atoms with Gasteiger partial charge in [-0.25, -0.2) is 13.4 Å². The Morgan fingerprint density at radius 3 is 2.39 bits per heavy atom. The molecule has 2 aromatic rings. The number of hydrogen-bond acceptors (Lipinski definition) is 5. The molecule has 5 nitrogen and oxygen atoms in total. The molecule has 2 aliphatic carbocycles. The molecule has 0 saturated heterocycles. The molecule has 1 amide bonds. The number of sulfone groups is 1. The van der Waals surface area contributed by atoms with Gasteiger partial charge in [0, 0.05) is 23.8 Å². The number of thiazole rings is 1. The van der Waals surface area contributed by atoms with Crippen LogP contribution in [0.4, 0.5) is 5.13 Å². The number of rotatable bonds is 5. The van der Waals surface area contributed by atoms with Crippen LogP contribution >= 0.6 is 34.5 Å². The molecule has 1 aromatic heterocycles. The largest absolute Gasteiger partial charge is 0.301 e. The van der Waals surface area contributed by atoms with Gasteiger partial charge in [-0.1, -0.05) is 61.0 Å². The molecule has 2 saturated carbocycles. The van der Waals surface area contributed by atoms with E-state index in [2.05, 4.69) is 10.3 Å². The van der Waals surface area contributed by atoms with Crippen LogP contribution < -0.4 is 5.32 Å². The van der Waals surface area contributed by atoms with E-state index in [1.807, 2.05) is 0 Å². The zero-order chi connectivity index (χ0) is 20.2. The van der Waals surface area contributed by atoms with Crippen LogP contribution in [-0.4, -0.2) is 29.9 Å². The first-order chi connectivity index (χ1) is 13.2. The van der Waals surface area contributed by atoms with Gasteiger partial charge in [-0.05, 0) is 23.6 Å². The summed E-state index contributed by atoms with van der Waals surface area (Å²) >= 11 is 14.9. The van der Waals surface area contributed by atoms with Crippen LogP contribution in [0.5, 0.6) is 0 Å². The van der Waals surface area contributed by atoms with Crippen molar-refractivity contribution in [3.8, 4) is 0 Å². The van der Waals surface area contributed by atoms with E-state index in [-0.39, 0.29) is 22.6 Å². The maximum absolute atomic E-state index is 13.4. The van der Waals surface area contributed by atoms with Gasteiger partial charge in [-0.3, -0.25) is 4.79 Å². The molecule has 28 heavy (non-hydrogen) atoms. The molecule has 2 fully saturated rings. The van der Waals surface area contributed by atoms with E-state index >= 15 is 0 Å². The average Bonchev–Trinajstić information content (AvgIpc) is 3.13. The summed E-state index contributed by atoms with van der Waals surface area (Å²) in [5.41, 5.74) is -0.497. The lowest BCUT2D eigenvalue weighted by molar-refractivity contribution is -0.119. The Hall–Kier alpha value is -1.15. The van der Waals surface area contributed by atoms with E-state index in [4.69, 9.17) is 23.2 Å². The quantitative estimate of drug-likeness (QED) is 0.672. The van der Waals surface area contributed by atoms with Crippen molar-refractivity contribution in [1.29, 1.82) is 0 Å². The van der Waals surface area contributed by atoms with Crippen LogP contribution in [0.1, 0.15) is 31.2 Å². The van der Waals surface area contributed by atoms with Crippen LogP contribution in [0.2, 0.25) is 0 Å². The van der Waals surface area contributed by atoms with Crippen molar-refractivity contribution in [3.63, 3.8) is 0 Å². The van der Waals surface area contributed by atoms with Gasteiger partial charge in [0.05, 0.1) is 4.90 Å². The standard InChI is InChI=1S/C19H20Cl2N2O3S2/c1-28(25,26)14-8-6-13(7-9-14)18(16(24)23-17-22-10-11-27-17)15(19(18,20)21)12-4-2-3-5-12/h6-12,15H,2-5H2,1H3,(H,22,23,24)/t15-,18+/m0/s1. The van der Waals surface area contributed by atoms with Gasteiger partial charge in [0.2, 0.25) is 5.91 Å². The van der Waals surface area contributed by atoms with Gasteiger partial charge < -0.3 is 5.32 Å². The number of carbonyl (C=O) groups is 1. The Labute approximate surface area is 178 Å². The summed E-state index contributed by atoms with van der Waals surface area (Å²) in [7, 11) is -3.34. The maximum atomic E-state index is 13.4. The number of halogens is 2. The minimum Gasteiger partial charge on any atom is -0.301 e. The Bertz CT molecular complexity index is 985. The van der Waals surface area contributed by atoms with Gasteiger partial charge >= 0.3 is 0 Å². The van der Waals surface area contributed by atoms with Crippen LogP contribution in [-0.2, 0) is 20.0 Å². The third-order valence-corrected chi connectivity index (χ3v) is 8.80. The van der Waals surface area contributed by atoms with E-state index in [9.17, 15) is 13.2 Å². The van der Waals surface area contributed by atoms with E-state index in [0.717, 1.165) is 31.9 Å². The van der Waals surface area contributed by atoms with Crippen LogP contribution in [0, 0.1) is 11.8 Å². The second-order valence-electron chi connectivity index (χ2n) is 7.54. The number of amides is 1. The van der Waals surface area contributed by atoms with Crippen molar-refractivity contribution < 1.29 is 13.2 Å². The first kappa shape index (κ1) is 20.1. The fourth-order valence-electron chi connectivity index (χ4n) is 4.61. The number of aromatic nitrogens is 1. The molecule has 0 radical (unpaired) electrons. The molecule has 2 aliphatic rings. The average molecular weight is 459 g/mol. The smallest absolute Gasteiger partial charge is 0.240 e. The van der Waals surface area contributed by atoms with Crippen LogP contribution in [0.15, 0.2) is 40.7 Å². The third kappa shape index (κ3) is 3.07. The first-order valence-corrected chi connectivity index (χ1v) is 12.6. The molecular weight excluding hydrogens is 439 g/mol. The third-order valence-electron chi connectivity index (χ3n) is 5.92. The molecule has 9 heteroatoms. The Kier molecular flexibility index (Phi) is 5.01. The number of hydrogen-bond donors (Lipinski definition) is 1. The number of carbonyl (C=O) groups excluding carboxylic acids is 1. The van der Waals surface area contributed by atoms with Crippen molar-refractivity contribution >= 4 is 55.4 Å². The Balaban J connectivity index is 1.77. The van der Waals surface area contributed by atoms with Crippen LogP contribution in [0.3, 0.4) is 0 Å². The highest BCUT2D eigenvalue weighted by Crippen LogP contribution is 2.74. The molecule has 2 atom stereocenters. The molecule has 0 aliphatic heterocycles. The van der Waals surface area contributed by atoms with Crippen molar-refractivity contribution in [3.05, 3.63) is 41.4 Å². The van der Waals surface area contributed by atoms with E-state index < -0.39 is 19.6 Å². The lowest BCUT2D eigenvalue weighted by Crippen LogP contribution is -2.34. The minimum atomic E-state index is -3.34. The van der Waals surface area contributed by atoms with Gasteiger partial charge in [0.1, 0.15) is 9.75 Å². The number of benzene rings is 1. The number of nitrogens with one attached hydrogen (secondary N) is 1. The number of nitrogens with zero attached hydrogens (tertiary/aromatic N) is 1. The number of alkyl halides is 2. The summed E-state index contributed by atoms with van der Waals surface area (Å²) in [6.45, 7) is 0. The van der Waals surface area contributed by atoms with E-state index in [0.29, 0.717) is 10.7 Å². The zero-order valence-corrected chi connectivity index (χ0v) is 18.3. The molecular formula is C19H20Cl2N2O3S2. The van der Waals surface area contributed by atoms with Crippen LogP contribution in [0.25, 0.3) is 0 Å². The Morgan fingerprint density at radius 2 is 1.86 bits per heavy atom. The summed E-state index contributed by atoms with van der Waals surface area (Å²) in [5.74, 6) is -0.266. The summed E-state index contributed by atoms with van der Waals surface area (Å²) in [4.78, 5) is 17.8. The first-order valence-electron chi connectivity index (χ1n) is 9.08. The predicted molar refractivity (Wildman–Crippen MR) is 112 cm³/mol. The molecule has 150 valence electrons. The summed E-state index contributed by atoms with van der Waals surface area (Å²) in [5, 5.41) is 5.12. The van der Waals surface area contributed by atoms with Crippen molar-refractivity contribution in [2.75, 3.05) is 11.6 Å². The molecule has 1 N–H and O–H groups in total. The lowest BCUT2D eigenvalue weighted by atomic mass is 9.87. The highest BCUT2D eigenvalue weighted by Gasteiger charge is 2.82. The topological polar surface area (TPSA) is 76.1 Å². The van der Waals surface area contributed by atoms with Gasteiger partial charge in [0.15, 0.2) is 15.0 Å². The fourth-order valence-corrected chi connectivity index (χ4v) is 6.97. The molecule has 1 heterocycles. The zero-order valence-electron chi connectivity index (χ0n) is 15.2. The number of anilines is 1. The molecule has 1 aromatic carbocycles. The second kappa shape index (κ2) is 6.97. The van der Waals surface area contributed by atoms with Crippen molar-refractivity contribution in [1.82, 2.24) is 4.98 Å². The molecule has 0 unspecified atom stereocenters. The fraction of sp³-hybridized carbons (Fsp3) is 0.474. The van der Waals surface area contributed by atoms with Crippen molar-refractivity contribution in [2.45, 2.75) is 40.3 Å². The highest BCUT2D eigenvalue weighted by atomic mass is 35.5. The normalized spacial score (nSPS) is 26.9. The van der Waals surface area contributed by atoms with E-state index in [1.165, 1.54) is 23.5 Å². The van der Waals surface area contributed by atoms with Gasteiger partial charge in [0.25, 0.3) is 0 Å². The second-order valence-corrected chi connectivity index (χ2v) is 11.8. The molecule has 4 rings (SSSR count). The minimum absolute atomic E-state index is 0.194. The summed E-state index contributed by atoms with van der Waals surface area (Å²) in [6, 6.07) is 6.34. The van der Waals surface area contributed by atoms with Gasteiger partial charge in [-0.15, -0.1) is 11.3 Å². The summed E-state index contributed by atoms with van der Waals surface area (Å²) in [6.07, 6.45) is 6.94.